The molecule has 0 aromatic carbocycles. The maximum absolute atomic E-state index is 12.7. The molecule has 1 aliphatic rings. The molecule has 1 N–H and O–H groups in total. The Morgan fingerprint density at radius 2 is 2.16 bits per heavy atom. The maximum atomic E-state index is 12.7. The molecule has 4 rings (SSSR count). The molecule has 0 spiro atoms. The van der Waals surface area contributed by atoms with Crippen LogP contribution >= 0.6 is 11.3 Å². The molecule has 6 nitrogen and oxygen atoms in total. The highest BCUT2D eigenvalue weighted by atomic mass is 32.1. The summed E-state index contributed by atoms with van der Waals surface area (Å²) < 4.78 is 4.21. The van der Waals surface area contributed by atoms with E-state index >= 15 is 0 Å². The first-order valence-corrected chi connectivity index (χ1v) is 9.68. The summed E-state index contributed by atoms with van der Waals surface area (Å²) in [5, 5.41) is 9.46. The summed E-state index contributed by atoms with van der Waals surface area (Å²) in [5.41, 5.74) is 1.35. The van der Waals surface area contributed by atoms with Crippen molar-refractivity contribution in [2.45, 2.75) is 52.1 Å². The third-order valence-electron chi connectivity index (χ3n) is 5.22. The van der Waals surface area contributed by atoms with Crippen molar-refractivity contribution in [2.75, 3.05) is 0 Å². The Kier molecular flexibility index (Phi) is 4.11. The summed E-state index contributed by atoms with van der Waals surface area (Å²) in [6, 6.07) is 4.08. The molecule has 1 amide bonds. The number of nitrogens with one attached hydrogen (secondary N) is 1. The Hall–Kier alpha value is -2.15. The van der Waals surface area contributed by atoms with Gasteiger partial charge in [0.15, 0.2) is 0 Å². The van der Waals surface area contributed by atoms with Crippen molar-refractivity contribution >= 4 is 33.0 Å². The van der Waals surface area contributed by atoms with E-state index in [0.29, 0.717) is 17.3 Å². The highest BCUT2D eigenvalue weighted by Crippen LogP contribution is 2.25. The third kappa shape index (κ3) is 2.86. The maximum Gasteiger partial charge on any atom is 0.291 e. The van der Waals surface area contributed by atoms with Crippen molar-refractivity contribution < 1.29 is 4.79 Å². The molecule has 1 aliphatic carbocycles. The number of hydrogen-bond donors (Lipinski definition) is 1. The lowest BCUT2D eigenvalue weighted by Gasteiger charge is -2.29. The van der Waals surface area contributed by atoms with Gasteiger partial charge in [0, 0.05) is 6.04 Å². The molecular weight excluding hydrogens is 336 g/mol. The molecule has 2 atom stereocenters. The Balaban J connectivity index is 1.62. The molecule has 1 fully saturated rings. The second kappa shape index (κ2) is 6.29. The minimum atomic E-state index is -0.221. The number of fused-ring (bicyclic) bond motifs is 3. The second-order valence-electron chi connectivity index (χ2n) is 6.98. The molecule has 0 unspecified atom stereocenters. The van der Waals surface area contributed by atoms with Gasteiger partial charge in [-0.15, -0.1) is 11.3 Å². The number of aromatic nitrogens is 3. The van der Waals surface area contributed by atoms with Gasteiger partial charge in [0.05, 0.1) is 10.2 Å². The molecule has 0 radical (unpaired) electrons. The van der Waals surface area contributed by atoms with Gasteiger partial charge in [0.1, 0.15) is 17.9 Å². The number of rotatable bonds is 3. The van der Waals surface area contributed by atoms with E-state index in [4.69, 9.17) is 0 Å². The average Bonchev–Trinajstić information content (AvgIpc) is 3.15. The van der Waals surface area contributed by atoms with Crippen LogP contribution in [0, 0.1) is 12.8 Å². The lowest BCUT2D eigenvalue weighted by atomic mass is 9.86. The minimum Gasteiger partial charge on any atom is -0.351 e. The van der Waals surface area contributed by atoms with Crippen LogP contribution in [0.5, 0.6) is 0 Å². The molecule has 7 heteroatoms. The fraction of sp³-hybridized carbons (Fsp3) is 0.500. The standard InChI is InChI=1S/C18H22N4O2S/c1-11-5-3-4-6-13(11)19-17(23)10-21-18(24)15-9-16-14(7-8-25-16)22(15)12(2)20-21/h7-9,11,13H,3-6,10H2,1-2H3,(H,19,23)/t11-,13+/m0/s1. The normalized spacial score (nSPS) is 21.0. The van der Waals surface area contributed by atoms with Crippen molar-refractivity contribution in [2.24, 2.45) is 5.92 Å². The third-order valence-corrected chi connectivity index (χ3v) is 6.07. The van der Waals surface area contributed by atoms with Gasteiger partial charge in [-0.25, -0.2) is 4.68 Å². The summed E-state index contributed by atoms with van der Waals surface area (Å²) in [7, 11) is 0. The number of aryl methyl sites for hydroxylation is 1. The number of carbonyl (C=O) groups is 1. The summed E-state index contributed by atoms with van der Waals surface area (Å²) in [6.45, 7) is 4.01. The van der Waals surface area contributed by atoms with Gasteiger partial charge in [-0.2, -0.15) is 5.10 Å². The summed E-state index contributed by atoms with van der Waals surface area (Å²) >= 11 is 1.60. The highest BCUT2D eigenvalue weighted by molar-refractivity contribution is 7.17. The minimum absolute atomic E-state index is 0.0295. The number of thiophene rings is 1. The zero-order valence-corrected chi connectivity index (χ0v) is 15.3. The quantitative estimate of drug-likeness (QED) is 0.783. The second-order valence-corrected chi connectivity index (χ2v) is 7.93. The molecule has 25 heavy (non-hydrogen) atoms. The van der Waals surface area contributed by atoms with E-state index in [2.05, 4.69) is 17.3 Å². The van der Waals surface area contributed by atoms with Gasteiger partial charge in [-0.3, -0.25) is 14.0 Å². The van der Waals surface area contributed by atoms with Crippen molar-refractivity contribution in [3.63, 3.8) is 0 Å². The van der Waals surface area contributed by atoms with Gasteiger partial charge in [-0.05, 0) is 43.2 Å². The van der Waals surface area contributed by atoms with Crippen molar-refractivity contribution in [3.8, 4) is 0 Å². The number of amides is 1. The van der Waals surface area contributed by atoms with Crippen LogP contribution in [0.4, 0.5) is 0 Å². The predicted octanol–water partition coefficient (Wildman–Crippen LogP) is 2.71. The molecule has 1 saturated carbocycles. The lowest BCUT2D eigenvalue weighted by Crippen LogP contribution is -2.44. The zero-order chi connectivity index (χ0) is 17.6. The van der Waals surface area contributed by atoms with Crippen LogP contribution in [0.25, 0.3) is 15.7 Å². The van der Waals surface area contributed by atoms with E-state index in [1.165, 1.54) is 11.1 Å². The molecule has 3 aromatic rings. The number of nitrogens with zero attached hydrogens (tertiary/aromatic N) is 3. The first-order chi connectivity index (χ1) is 12.0. The van der Waals surface area contributed by atoms with E-state index in [0.717, 1.165) is 29.5 Å². The van der Waals surface area contributed by atoms with Crippen molar-refractivity contribution in [1.82, 2.24) is 19.5 Å². The fourth-order valence-electron chi connectivity index (χ4n) is 3.85. The van der Waals surface area contributed by atoms with E-state index in [1.54, 1.807) is 11.3 Å². The predicted molar refractivity (Wildman–Crippen MR) is 99.1 cm³/mol. The van der Waals surface area contributed by atoms with Crippen LogP contribution in [0.15, 0.2) is 22.3 Å². The Bertz CT molecular complexity index is 1000. The summed E-state index contributed by atoms with van der Waals surface area (Å²) in [4.78, 5) is 25.2. The molecule has 3 aromatic heterocycles. The van der Waals surface area contributed by atoms with Crippen LogP contribution < -0.4 is 10.9 Å². The molecule has 0 aliphatic heterocycles. The Morgan fingerprint density at radius 3 is 2.96 bits per heavy atom. The van der Waals surface area contributed by atoms with Gasteiger partial charge in [0.2, 0.25) is 5.91 Å². The zero-order valence-electron chi connectivity index (χ0n) is 14.5. The van der Waals surface area contributed by atoms with E-state index in [-0.39, 0.29) is 24.1 Å². The first-order valence-electron chi connectivity index (χ1n) is 8.80. The van der Waals surface area contributed by atoms with Crippen LogP contribution in [0.3, 0.4) is 0 Å². The van der Waals surface area contributed by atoms with Crippen LogP contribution in [0.1, 0.15) is 38.4 Å². The van der Waals surface area contributed by atoms with Crippen LogP contribution in [0.2, 0.25) is 0 Å². The Morgan fingerprint density at radius 1 is 1.36 bits per heavy atom. The van der Waals surface area contributed by atoms with E-state index in [1.807, 2.05) is 28.8 Å². The monoisotopic (exact) mass is 358 g/mol. The van der Waals surface area contributed by atoms with Crippen molar-refractivity contribution in [3.05, 3.63) is 33.7 Å². The van der Waals surface area contributed by atoms with Gasteiger partial charge < -0.3 is 5.32 Å². The molecule has 3 heterocycles. The Labute approximate surface area is 149 Å². The van der Waals surface area contributed by atoms with Gasteiger partial charge >= 0.3 is 0 Å². The van der Waals surface area contributed by atoms with Crippen LogP contribution in [-0.4, -0.2) is 26.1 Å². The molecular formula is C18H22N4O2S. The lowest BCUT2D eigenvalue weighted by molar-refractivity contribution is -0.123. The summed E-state index contributed by atoms with van der Waals surface area (Å²) in [6.07, 6.45) is 4.55. The fourth-order valence-corrected chi connectivity index (χ4v) is 4.66. The smallest absolute Gasteiger partial charge is 0.291 e. The summed E-state index contributed by atoms with van der Waals surface area (Å²) in [5.74, 6) is 1.07. The van der Waals surface area contributed by atoms with E-state index < -0.39 is 0 Å². The average molecular weight is 358 g/mol. The first kappa shape index (κ1) is 16.3. The number of hydrogen-bond acceptors (Lipinski definition) is 4. The number of carbonyl (C=O) groups excluding carboxylic acids is 1. The molecule has 0 saturated heterocycles. The van der Waals surface area contributed by atoms with E-state index in [9.17, 15) is 9.59 Å². The van der Waals surface area contributed by atoms with Crippen LogP contribution in [-0.2, 0) is 11.3 Å². The topological polar surface area (TPSA) is 68.4 Å². The van der Waals surface area contributed by atoms with Gasteiger partial charge in [-0.1, -0.05) is 19.8 Å². The molecule has 0 bridgehead atoms. The highest BCUT2D eigenvalue weighted by Gasteiger charge is 2.23. The largest absolute Gasteiger partial charge is 0.351 e. The van der Waals surface area contributed by atoms with Crippen molar-refractivity contribution in [1.29, 1.82) is 0 Å². The molecule has 132 valence electrons. The SMILES string of the molecule is Cc1nn(CC(=O)N[C@@H]2CCCC[C@@H]2C)c(=O)c2cc3sccc3n12. The van der Waals surface area contributed by atoms with Gasteiger partial charge in [0.25, 0.3) is 5.56 Å².